The fraction of sp³-hybridized carbons (Fsp3) is 0.944. The molecule has 0 heterocycles. The summed E-state index contributed by atoms with van der Waals surface area (Å²) in [6, 6.07) is 0. The molecule has 0 fully saturated rings. The quantitative estimate of drug-likeness (QED) is 0.143. The fourth-order valence-corrected chi connectivity index (χ4v) is 1.86. The van der Waals surface area contributed by atoms with Crippen molar-refractivity contribution in [2.75, 3.05) is 105 Å². The number of hydrogen-bond donors (Lipinski definition) is 1. The van der Waals surface area contributed by atoms with Gasteiger partial charge in [0.2, 0.25) is 0 Å². The van der Waals surface area contributed by atoms with Gasteiger partial charge < -0.3 is 37.9 Å². The molecule has 168 valence electrons. The summed E-state index contributed by atoms with van der Waals surface area (Å²) in [4.78, 5) is 10.5. The summed E-state index contributed by atoms with van der Waals surface area (Å²) in [6.45, 7) is 8.90. The van der Waals surface area contributed by atoms with Crippen molar-refractivity contribution in [1.82, 2.24) is 0 Å². The Morgan fingerprint density at radius 3 is 1.00 bits per heavy atom. The minimum Gasteiger partial charge on any atom is -0.463 e. The first kappa shape index (κ1) is 27.5. The standard InChI is InChI=1S/C18H36O9S/c1-18(19)27-15-14-25-11-10-23-7-6-21-3-2-20-4-5-22-8-9-24-12-13-26-16-17-28/h28H,2-17H2,1H3. The summed E-state index contributed by atoms with van der Waals surface area (Å²) in [6.07, 6.45) is 0. The molecular weight excluding hydrogens is 392 g/mol. The fourth-order valence-electron chi connectivity index (χ4n) is 1.73. The van der Waals surface area contributed by atoms with Gasteiger partial charge in [0.15, 0.2) is 0 Å². The Kier molecular flexibility index (Phi) is 24.2. The van der Waals surface area contributed by atoms with E-state index >= 15 is 0 Å². The van der Waals surface area contributed by atoms with Crippen molar-refractivity contribution in [3.8, 4) is 0 Å². The summed E-state index contributed by atoms with van der Waals surface area (Å²) in [5.74, 6) is 0.416. The first-order chi connectivity index (χ1) is 13.8. The lowest BCUT2D eigenvalue weighted by Crippen LogP contribution is -2.15. The van der Waals surface area contributed by atoms with E-state index in [1.807, 2.05) is 0 Å². The maximum atomic E-state index is 10.5. The molecule has 28 heavy (non-hydrogen) atoms. The van der Waals surface area contributed by atoms with E-state index in [0.717, 1.165) is 5.75 Å². The van der Waals surface area contributed by atoms with E-state index in [-0.39, 0.29) is 12.6 Å². The molecule has 9 nitrogen and oxygen atoms in total. The summed E-state index contributed by atoms with van der Waals surface area (Å²) in [5, 5.41) is 0. The van der Waals surface area contributed by atoms with Crippen molar-refractivity contribution in [2.45, 2.75) is 6.92 Å². The van der Waals surface area contributed by atoms with E-state index in [1.54, 1.807) is 0 Å². The zero-order chi connectivity index (χ0) is 20.5. The van der Waals surface area contributed by atoms with Crippen LogP contribution in [0.4, 0.5) is 0 Å². The SMILES string of the molecule is CC(=O)OCCOCCOCCOCCOCCOCCOCCOCCS. The van der Waals surface area contributed by atoms with Gasteiger partial charge >= 0.3 is 5.97 Å². The zero-order valence-electron chi connectivity index (χ0n) is 16.9. The molecule has 0 aromatic rings. The second-order valence-corrected chi connectivity index (χ2v) is 5.80. The van der Waals surface area contributed by atoms with Crippen LogP contribution in [0.25, 0.3) is 0 Å². The molecule has 0 unspecified atom stereocenters. The molecule has 0 rings (SSSR count). The minimum absolute atomic E-state index is 0.268. The average Bonchev–Trinajstić information content (AvgIpc) is 2.68. The van der Waals surface area contributed by atoms with E-state index in [9.17, 15) is 4.79 Å². The molecule has 0 bridgehead atoms. The number of carbonyl (C=O) groups is 1. The second kappa shape index (κ2) is 24.6. The molecule has 0 aromatic carbocycles. The summed E-state index contributed by atoms with van der Waals surface area (Å²) in [7, 11) is 0. The molecule has 0 aromatic heterocycles. The maximum Gasteiger partial charge on any atom is 0.302 e. The van der Waals surface area contributed by atoms with Gasteiger partial charge in [-0.15, -0.1) is 0 Å². The highest BCUT2D eigenvalue weighted by Gasteiger charge is 1.95. The molecule has 0 aliphatic rings. The van der Waals surface area contributed by atoms with Gasteiger partial charge in [-0.2, -0.15) is 12.6 Å². The minimum atomic E-state index is -0.305. The monoisotopic (exact) mass is 428 g/mol. The lowest BCUT2D eigenvalue weighted by molar-refractivity contribution is -0.142. The van der Waals surface area contributed by atoms with Crippen LogP contribution < -0.4 is 0 Å². The number of carbonyl (C=O) groups excluding carboxylic acids is 1. The third-order valence-electron chi connectivity index (χ3n) is 3.00. The molecule has 0 amide bonds. The number of ether oxygens (including phenoxy) is 8. The van der Waals surface area contributed by atoms with Gasteiger partial charge in [-0.1, -0.05) is 0 Å². The molecule has 0 aliphatic heterocycles. The van der Waals surface area contributed by atoms with Gasteiger partial charge in [0, 0.05) is 12.7 Å². The van der Waals surface area contributed by atoms with Crippen LogP contribution in [0.2, 0.25) is 0 Å². The Labute approximate surface area is 173 Å². The van der Waals surface area contributed by atoms with Crippen LogP contribution in [0.3, 0.4) is 0 Å². The molecule has 10 heteroatoms. The van der Waals surface area contributed by atoms with Gasteiger partial charge in [-0.25, -0.2) is 0 Å². The third-order valence-corrected chi connectivity index (χ3v) is 3.18. The first-order valence-electron chi connectivity index (χ1n) is 9.55. The molecule has 0 spiro atoms. The number of rotatable bonds is 23. The highest BCUT2D eigenvalue weighted by molar-refractivity contribution is 7.80. The Balaban J connectivity index is 2.99. The van der Waals surface area contributed by atoms with Crippen LogP contribution in [0, 0.1) is 0 Å². The van der Waals surface area contributed by atoms with Crippen LogP contribution in [-0.2, 0) is 42.7 Å². The summed E-state index contributed by atoms with van der Waals surface area (Å²) < 4.78 is 42.0. The number of thiol groups is 1. The molecule has 0 atom stereocenters. The van der Waals surface area contributed by atoms with Crippen LogP contribution in [0.5, 0.6) is 0 Å². The van der Waals surface area contributed by atoms with E-state index in [1.165, 1.54) is 6.92 Å². The highest BCUT2D eigenvalue weighted by Crippen LogP contribution is 1.86. The lowest BCUT2D eigenvalue weighted by atomic mass is 10.6. The normalized spacial score (nSPS) is 11.1. The summed E-state index contributed by atoms with van der Waals surface area (Å²) >= 11 is 4.05. The second-order valence-electron chi connectivity index (χ2n) is 5.35. The third kappa shape index (κ3) is 25.5. The average molecular weight is 429 g/mol. The Hall–Kier alpha value is -0.460. The number of esters is 1. The Morgan fingerprint density at radius 1 is 0.500 bits per heavy atom. The van der Waals surface area contributed by atoms with Crippen molar-refractivity contribution < 1.29 is 42.7 Å². The smallest absolute Gasteiger partial charge is 0.302 e. The summed E-state index contributed by atoms with van der Waals surface area (Å²) in [5.41, 5.74) is 0. The zero-order valence-corrected chi connectivity index (χ0v) is 17.8. The van der Waals surface area contributed by atoms with Gasteiger partial charge in [0.1, 0.15) is 6.61 Å². The van der Waals surface area contributed by atoms with Crippen molar-refractivity contribution >= 4 is 18.6 Å². The van der Waals surface area contributed by atoms with Crippen LogP contribution >= 0.6 is 12.6 Å². The van der Waals surface area contributed by atoms with Gasteiger partial charge in [0.25, 0.3) is 0 Å². The van der Waals surface area contributed by atoms with Crippen molar-refractivity contribution in [3.63, 3.8) is 0 Å². The van der Waals surface area contributed by atoms with Crippen molar-refractivity contribution in [2.24, 2.45) is 0 Å². The van der Waals surface area contributed by atoms with Gasteiger partial charge in [-0.05, 0) is 0 Å². The molecular formula is C18H36O9S. The molecule has 0 saturated carbocycles. The van der Waals surface area contributed by atoms with Crippen LogP contribution in [-0.4, -0.2) is 111 Å². The molecule has 0 radical (unpaired) electrons. The molecule has 0 saturated heterocycles. The van der Waals surface area contributed by atoms with Crippen LogP contribution in [0.1, 0.15) is 6.92 Å². The predicted molar refractivity (Wildman–Crippen MR) is 106 cm³/mol. The lowest BCUT2D eigenvalue weighted by Gasteiger charge is -2.08. The molecule has 0 N–H and O–H groups in total. The topological polar surface area (TPSA) is 90.9 Å². The first-order valence-corrected chi connectivity index (χ1v) is 10.2. The van der Waals surface area contributed by atoms with E-state index in [4.69, 9.17) is 37.9 Å². The largest absolute Gasteiger partial charge is 0.463 e. The van der Waals surface area contributed by atoms with Crippen LogP contribution in [0.15, 0.2) is 0 Å². The van der Waals surface area contributed by atoms with Crippen molar-refractivity contribution in [3.05, 3.63) is 0 Å². The number of hydrogen-bond acceptors (Lipinski definition) is 10. The van der Waals surface area contributed by atoms with Crippen molar-refractivity contribution in [1.29, 1.82) is 0 Å². The predicted octanol–water partition coefficient (Wildman–Crippen LogP) is 0.596. The highest BCUT2D eigenvalue weighted by atomic mass is 32.1. The van der Waals surface area contributed by atoms with E-state index < -0.39 is 0 Å². The Bertz CT molecular complexity index is 321. The van der Waals surface area contributed by atoms with E-state index in [2.05, 4.69) is 12.6 Å². The Morgan fingerprint density at radius 2 is 0.750 bits per heavy atom. The van der Waals surface area contributed by atoms with E-state index in [0.29, 0.717) is 92.5 Å². The van der Waals surface area contributed by atoms with Gasteiger partial charge in [0.05, 0.1) is 92.5 Å². The molecule has 0 aliphatic carbocycles. The van der Waals surface area contributed by atoms with Gasteiger partial charge in [-0.3, -0.25) is 4.79 Å². The maximum absolute atomic E-state index is 10.5.